The fourth-order valence-electron chi connectivity index (χ4n) is 4.35. The SMILES string of the molecule is Cc1ccc2cc(CN(CCN3CCOCC3)C(=S)NC[C@H]3CCCO3)c(=O)[nH]c2c1C. The van der Waals surface area contributed by atoms with Crippen LogP contribution in [-0.2, 0) is 16.0 Å². The van der Waals surface area contributed by atoms with Gasteiger partial charge in [0.1, 0.15) is 0 Å². The molecule has 0 unspecified atom stereocenters. The summed E-state index contributed by atoms with van der Waals surface area (Å²) in [5.74, 6) is 0. The van der Waals surface area contributed by atoms with Crippen LogP contribution < -0.4 is 10.9 Å². The second-order valence-electron chi connectivity index (χ2n) is 8.79. The van der Waals surface area contributed by atoms with E-state index in [0.717, 1.165) is 80.9 Å². The van der Waals surface area contributed by atoms with Crippen LogP contribution in [0.4, 0.5) is 0 Å². The molecule has 0 spiro atoms. The Hall–Kier alpha value is -2.00. The molecule has 2 aromatic rings. The number of rotatable bonds is 7. The lowest BCUT2D eigenvalue weighted by atomic mass is 10.0. The van der Waals surface area contributed by atoms with Crippen LogP contribution in [0.3, 0.4) is 0 Å². The van der Waals surface area contributed by atoms with Crippen molar-refractivity contribution >= 4 is 28.2 Å². The number of aryl methyl sites for hydroxylation is 2. The highest BCUT2D eigenvalue weighted by Crippen LogP contribution is 2.19. The third kappa shape index (κ3) is 5.67. The van der Waals surface area contributed by atoms with Crippen molar-refractivity contribution in [1.82, 2.24) is 20.1 Å². The van der Waals surface area contributed by atoms with Gasteiger partial charge in [0, 0.05) is 44.9 Å². The molecule has 1 aromatic carbocycles. The van der Waals surface area contributed by atoms with Crippen LogP contribution in [0.1, 0.15) is 29.5 Å². The summed E-state index contributed by atoms with van der Waals surface area (Å²) in [6.45, 7) is 11.1. The van der Waals surface area contributed by atoms with Crippen molar-refractivity contribution in [2.24, 2.45) is 0 Å². The molecule has 8 heteroatoms. The molecule has 3 heterocycles. The molecule has 0 amide bonds. The van der Waals surface area contributed by atoms with Gasteiger partial charge < -0.3 is 24.7 Å². The predicted molar refractivity (Wildman–Crippen MR) is 131 cm³/mol. The van der Waals surface area contributed by atoms with E-state index in [1.165, 1.54) is 5.56 Å². The van der Waals surface area contributed by atoms with Gasteiger partial charge in [0.15, 0.2) is 5.11 Å². The number of aromatic nitrogens is 1. The summed E-state index contributed by atoms with van der Waals surface area (Å²) in [6.07, 6.45) is 2.38. The Kier molecular flexibility index (Phi) is 7.78. The molecule has 0 aliphatic carbocycles. The molecule has 0 bridgehead atoms. The molecule has 1 aromatic heterocycles. The lowest BCUT2D eigenvalue weighted by Crippen LogP contribution is -2.47. The van der Waals surface area contributed by atoms with Gasteiger partial charge in [0.25, 0.3) is 5.56 Å². The maximum atomic E-state index is 12.9. The predicted octanol–water partition coefficient (Wildman–Crippen LogP) is 2.33. The van der Waals surface area contributed by atoms with Crippen LogP contribution in [0.2, 0.25) is 0 Å². The summed E-state index contributed by atoms with van der Waals surface area (Å²) in [6, 6.07) is 6.18. The number of pyridine rings is 1. The van der Waals surface area contributed by atoms with Gasteiger partial charge in [-0.25, -0.2) is 0 Å². The summed E-state index contributed by atoms with van der Waals surface area (Å²) in [7, 11) is 0. The molecule has 2 aliphatic heterocycles. The van der Waals surface area contributed by atoms with Crippen LogP contribution in [0, 0.1) is 13.8 Å². The van der Waals surface area contributed by atoms with E-state index in [1.807, 2.05) is 13.0 Å². The van der Waals surface area contributed by atoms with E-state index in [4.69, 9.17) is 21.7 Å². The van der Waals surface area contributed by atoms with Crippen molar-refractivity contribution in [3.63, 3.8) is 0 Å². The third-order valence-electron chi connectivity index (χ3n) is 6.57. The number of hydrogen-bond acceptors (Lipinski definition) is 5. The van der Waals surface area contributed by atoms with E-state index in [2.05, 4.69) is 39.2 Å². The summed E-state index contributed by atoms with van der Waals surface area (Å²) >= 11 is 5.76. The molecule has 0 radical (unpaired) electrons. The van der Waals surface area contributed by atoms with Crippen molar-refractivity contribution in [1.29, 1.82) is 0 Å². The fraction of sp³-hybridized carbons (Fsp3) is 0.583. The second-order valence-corrected chi connectivity index (χ2v) is 9.18. The van der Waals surface area contributed by atoms with Gasteiger partial charge in [-0.1, -0.05) is 12.1 Å². The second kappa shape index (κ2) is 10.7. The minimum Gasteiger partial charge on any atom is -0.379 e. The zero-order valence-corrected chi connectivity index (χ0v) is 19.9. The molecular formula is C24H34N4O3S. The first-order chi connectivity index (χ1) is 15.5. The minimum atomic E-state index is -0.0514. The van der Waals surface area contributed by atoms with Crippen molar-refractivity contribution in [2.75, 3.05) is 52.5 Å². The molecule has 7 nitrogen and oxygen atoms in total. The van der Waals surface area contributed by atoms with Crippen LogP contribution in [0.5, 0.6) is 0 Å². The summed E-state index contributed by atoms with van der Waals surface area (Å²) in [5, 5.41) is 5.11. The Morgan fingerprint density at radius 3 is 2.84 bits per heavy atom. The van der Waals surface area contributed by atoms with E-state index in [9.17, 15) is 4.79 Å². The largest absolute Gasteiger partial charge is 0.379 e. The van der Waals surface area contributed by atoms with Crippen molar-refractivity contribution in [2.45, 2.75) is 39.3 Å². The first-order valence-corrected chi connectivity index (χ1v) is 12.0. The third-order valence-corrected chi connectivity index (χ3v) is 6.97. The quantitative estimate of drug-likeness (QED) is 0.617. The molecule has 2 saturated heterocycles. The number of nitrogens with zero attached hydrogens (tertiary/aromatic N) is 2. The van der Waals surface area contributed by atoms with Crippen LogP contribution >= 0.6 is 12.2 Å². The minimum absolute atomic E-state index is 0.0514. The Balaban J connectivity index is 1.50. The summed E-state index contributed by atoms with van der Waals surface area (Å²) in [4.78, 5) is 20.5. The zero-order valence-electron chi connectivity index (χ0n) is 19.1. The topological polar surface area (TPSA) is 69.8 Å². The lowest BCUT2D eigenvalue weighted by Gasteiger charge is -2.31. The Morgan fingerprint density at radius 1 is 1.28 bits per heavy atom. The molecule has 0 saturated carbocycles. The van der Waals surface area contributed by atoms with Gasteiger partial charge in [-0.3, -0.25) is 9.69 Å². The van der Waals surface area contributed by atoms with E-state index in [0.29, 0.717) is 18.2 Å². The highest BCUT2D eigenvalue weighted by molar-refractivity contribution is 7.80. The van der Waals surface area contributed by atoms with Gasteiger partial charge in [-0.05, 0) is 61.5 Å². The highest BCUT2D eigenvalue weighted by Gasteiger charge is 2.20. The van der Waals surface area contributed by atoms with E-state index in [1.54, 1.807) is 0 Å². The maximum absolute atomic E-state index is 12.9. The van der Waals surface area contributed by atoms with Gasteiger partial charge in [0.05, 0.1) is 31.4 Å². The summed E-state index contributed by atoms with van der Waals surface area (Å²) < 4.78 is 11.2. The number of aromatic amines is 1. The molecule has 2 fully saturated rings. The molecular weight excluding hydrogens is 424 g/mol. The standard InChI is InChI=1S/C24H34N4O3S/c1-17-5-6-19-14-20(23(29)26-22(19)18(17)2)16-28(8-7-27-9-12-30-13-10-27)24(32)25-15-21-4-3-11-31-21/h5-6,14,21H,3-4,7-13,15-16H2,1-2H3,(H,25,32)(H,26,29)/t21-/m1/s1. The van der Waals surface area contributed by atoms with Crippen molar-refractivity contribution < 1.29 is 9.47 Å². The van der Waals surface area contributed by atoms with Gasteiger partial charge >= 0.3 is 0 Å². The summed E-state index contributed by atoms with van der Waals surface area (Å²) in [5.41, 5.74) is 3.88. The average Bonchev–Trinajstić information content (AvgIpc) is 3.33. The first kappa shape index (κ1) is 23.2. The van der Waals surface area contributed by atoms with Crippen LogP contribution in [0.15, 0.2) is 23.0 Å². The number of fused-ring (bicyclic) bond motifs is 1. The number of nitrogens with one attached hydrogen (secondary N) is 2. The van der Waals surface area contributed by atoms with E-state index >= 15 is 0 Å². The lowest BCUT2D eigenvalue weighted by molar-refractivity contribution is 0.0356. The smallest absolute Gasteiger partial charge is 0.253 e. The monoisotopic (exact) mass is 458 g/mol. The number of H-pyrrole nitrogens is 1. The molecule has 32 heavy (non-hydrogen) atoms. The molecule has 2 aliphatic rings. The Labute approximate surface area is 195 Å². The van der Waals surface area contributed by atoms with Gasteiger partial charge in [-0.15, -0.1) is 0 Å². The average molecular weight is 459 g/mol. The molecule has 174 valence electrons. The Morgan fingerprint density at radius 2 is 2.09 bits per heavy atom. The van der Waals surface area contributed by atoms with Gasteiger partial charge in [-0.2, -0.15) is 0 Å². The zero-order chi connectivity index (χ0) is 22.5. The van der Waals surface area contributed by atoms with Crippen LogP contribution in [0.25, 0.3) is 10.9 Å². The normalized spacial score (nSPS) is 19.4. The van der Waals surface area contributed by atoms with Crippen molar-refractivity contribution in [3.05, 3.63) is 45.2 Å². The number of hydrogen-bond donors (Lipinski definition) is 2. The molecule has 4 rings (SSSR count). The van der Waals surface area contributed by atoms with Crippen molar-refractivity contribution in [3.8, 4) is 0 Å². The molecule has 1 atom stereocenters. The number of thiocarbonyl (C=S) groups is 1. The maximum Gasteiger partial charge on any atom is 0.253 e. The highest BCUT2D eigenvalue weighted by atomic mass is 32.1. The number of ether oxygens (including phenoxy) is 2. The number of benzene rings is 1. The van der Waals surface area contributed by atoms with Crippen LogP contribution in [-0.4, -0.2) is 78.5 Å². The number of morpholine rings is 1. The van der Waals surface area contributed by atoms with Gasteiger partial charge in [0.2, 0.25) is 0 Å². The first-order valence-electron chi connectivity index (χ1n) is 11.6. The molecule has 2 N–H and O–H groups in total. The van der Waals surface area contributed by atoms with E-state index < -0.39 is 0 Å². The van der Waals surface area contributed by atoms with E-state index in [-0.39, 0.29) is 11.7 Å². The Bertz CT molecular complexity index is 997. The fourth-order valence-corrected chi connectivity index (χ4v) is 4.59.